The minimum atomic E-state index is 0.704. The van der Waals surface area contributed by atoms with E-state index in [1.165, 1.54) is 38.0 Å². The first-order valence-electron chi connectivity index (χ1n) is 7.08. The summed E-state index contributed by atoms with van der Waals surface area (Å²) in [7, 11) is 2.29. The molecule has 0 aromatic rings. The van der Waals surface area contributed by atoms with Crippen LogP contribution in [0.3, 0.4) is 0 Å². The van der Waals surface area contributed by atoms with Crippen molar-refractivity contribution in [2.24, 2.45) is 0 Å². The number of thioether (sulfide) groups is 1. The summed E-state index contributed by atoms with van der Waals surface area (Å²) in [5.74, 6) is 1.26. The zero-order chi connectivity index (χ0) is 13.1. The summed E-state index contributed by atoms with van der Waals surface area (Å²) in [6.45, 7) is 9.22. The molecule has 2 nitrogen and oxygen atoms in total. The van der Waals surface area contributed by atoms with Crippen molar-refractivity contribution in [3.8, 4) is 0 Å². The van der Waals surface area contributed by atoms with Crippen molar-refractivity contribution in [1.82, 2.24) is 10.2 Å². The lowest BCUT2D eigenvalue weighted by molar-refractivity contribution is 0.184. The maximum absolute atomic E-state index is 3.48. The first-order chi connectivity index (χ1) is 8.17. The van der Waals surface area contributed by atoms with Gasteiger partial charge in [-0.1, -0.05) is 13.8 Å². The van der Waals surface area contributed by atoms with E-state index in [2.05, 4.69) is 44.3 Å². The molecule has 0 saturated carbocycles. The van der Waals surface area contributed by atoms with Crippen LogP contribution in [0.2, 0.25) is 0 Å². The van der Waals surface area contributed by atoms with Gasteiger partial charge in [0.2, 0.25) is 0 Å². The Morgan fingerprint density at radius 3 is 2.47 bits per heavy atom. The highest BCUT2D eigenvalue weighted by Crippen LogP contribution is 2.14. The van der Waals surface area contributed by atoms with E-state index in [4.69, 9.17) is 0 Å². The predicted molar refractivity (Wildman–Crippen MR) is 82.1 cm³/mol. The van der Waals surface area contributed by atoms with Crippen molar-refractivity contribution in [2.75, 3.05) is 32.1 Å². The molecule has 2 atom stereocenters. The molecule has 0 aromatic carbocycles. The van der Waals surface area contributed by atoms with E-state index in [0.717, 1.165) is 12.6 Å². The van der Waals surface area contributed by atoms with Gasteiger partial charge in [0.05, 0.1) is 0 Å². The SMILES string of the molecule is CCCNCCCC(C)N(C)C(CC)CSC. The summed E-state index contributed by atoms with van der Waals surface area (Å²) < 4.78 is 0. The van der Waals surface area contributed by atoms with Crippen molar-refractivity contribution in [1.29, 1.82) is 0 Å². The summed E-state index contributed by atoms with van der Waals surface area (Å²) >= 11 is 1.96. The molecule has 0 heterocycles. The van der Waals surface area contributed by atoms with Crippen LogP contribution >= 0.6 is 11.8 Å². The number of nitrogens with zero attached hydrogens (tertiary/aromatic N) is 1. The van der Waals surface area contributed by atoms with Crippen LogP contribution in [0.15, 0.2) is 0 Å². The number of rotatable bonds is 11. The topological polar surface area (TPSA) is 15.3 Å². The van der Waals surface area contributed by atoms with E-state index in [9.17, 15) is 0 Å². The molecule has 0 bridgehead atoms. The largest absolute Gasteiger partial charge is 0.317 e. The highest BCUT2D eigenvalue weighted by atomic mass is 32.2. The van der Waals surface area contributed by atoms with E-state index in [-0.39, 0.29) is 0 Å². The molecule has 2 unspecified atom stereocenters. The van der Waals surface area contributed by atoms with Gasteiger partial charge in [0.25, 0.3) is 0 Å². The predicted octanol–water partition coefficient (Wildman–Crippen LogP) is 3.23. The van der Waals surface area contributed by atoms with Crippen LogP contribution in [0.5, 0.6) is 0 Å². The van der Waals surface area contributed by atoms with Crippen molar-refractivity contribution >= 4 is 11.8 Å². The van der Waals surface area contributed by atoms with Gasteiger partial charge in [-0.25, -0.2) is 0 Å². The molecule has 104 valence electrons. The molecular weight excluding hydrogens is 228 g/mol. The number of hydrogen-bond acceptors (Lipinski definition) is 3. The fourth-order valence-electron chi connectivity index (χ4n) is 2.10. The molecule has 0 aliphatic rings. The maximum Gasteiger partial charge on any atom is 0.0183 e. The minimum absolute atomic E-state index is 0.704. The standard InChI is InChI=1S/C14H32N2S/c1-6-10-15-11-8-9-13(3)16(4)14(7-2)12-17-5/h13-15H,6-12H2,1-5H3. The Labute approximate surface area is 113 Å². The summed E-state index contributed by atoms with van der Waals surface area (Å²) in [5.41, 5.74) is 0. The smallest absolute Gasteiger partial charge is 0.0183 e. The third kappa shape index (κ3) is 8.06. The molecule has 0 saturated heterocycles. The lowest BCUT2D eigenvalue weighted by atomic mass is 10.1. The lowest BCUT2D eigenvalue weighted by Gasteiger charge is -2.32. The fraction of sp³-hybridized carbons (Fsp3) is 1.00. The van der Waals surface area contributed by atoms with Crippen LogP contribution in [-0.4, -0.2) is 49.1 Å². The molecule has 0 fully saturated rings. The lowest BCUT2D eigenvalue weighted by Crippen LogP contribution is -2.40. The van der Waals surface area contributed by atoms with Gasteiger partial charge in [0.15, 0.2) is 0 Å². The number of nitrogens with one attached hydrogen (secondary N) is 1. The number of hydrogen-bond donors (Lipinski definition) is 1. The summed E-state index contributed by atoms with van der Waals surface area (Å²) in [6.07, 6.45) is 7.30. The second kappa shape index (κ2) is 11.4. The first-order valence-corrected chi connectivity index (χ1v) is 8.48. The molecule has 0 aromatic heterocycles. The second-order valence-corrected chi connectivity index (χ2v) is 5.83. The highest BCUT2D eigenvalue weighted by Gasteiger charge is 2.17. The van der Waals surface area contributed by atoms with Crippen LogP contribution in [-0.2, 0) is 0 Å². The Bertz CT molecular complexity index is 164. The molecule has 0 radical (unpaired) electrons. The van der Waals surface area contributed by atoms with Gasteiger partial charge in [-0.05, 0) is 59.0 Å². The van der Waals surface area contributed by atoms with Gasteiger partial charge in [-0.2, -0.15) is 11.8 Å². The van der Waals surface area contributed by atoms with Gasteiger partial charge < -0.3 is 5.32 Å². The van der Waals surface area contributed by atoms with Crippen molar-refractivity contribution in [3.63, 3.8) is 0 Å². The second-order valence-electron chi connectivity index (χ2n) is 4.92. The van der Waals surface area contributed by atoms with Crippen LogP contribution in [0.1, 0.15) is 46.5 Å². The Hall–Kier alpha value is 0.270. The Morgan fingerprint density at radius 2 is 1.94 bits per heavy atom. The van der Waals surface area contributed by atoms with E-state index >= 15 is 0 Å². The highest BCUT2D eigenvalue weighted by molar-refractivity contribution is 7.98. The summed E-state index contributed by atoms with van der Waals surface area (Å²) in [5, 5.41) is 3.48. The molecule has 0 aliphatic carbocycles. The molecule has 1 N–H and O–H groups in total. The Morgan fingerprint density at radius 1 is 1.24 bits per heavy atom. The van der Waals surface area contributed by atoms with Gasteiger partial charge >= 0.3 is 0 Å². The van der Waals surface area contributed by atoms with Crippen LogP contribution in [0.25, 0.3) is 0 Å². The molecule has 0 aliphatic heterocycles. The normalized spacial score (nSPS) is 15.2. The van der Waals surface area contributed by atoms with Crippen molar-refractivity contribution < 1.29 is 0 Å². The van der Waals surface area contributed by atoms with Gasteiger partial charge in [0.1, 0.15) is 0 Å². The molecule has 0 rings (SSSR count). The molecule has 0 spiro atoms. The average molecular weight is 260 g/mol. The maximum atomic E-state index is 3.48. The van der Waals surface area contributed by atoms with Crippen LogP contribution in [0, 0.1) is 0 Å². The van der Waals surface area contributed by atoms with E-state index in [1.54, 1.807) is 0 Å². The molecular formula is C14H32N2S. The van der Waals surface area contributed by atoms with E-state index in [1.807, 2.05) is 11.8 Å². The average Bonchev–Trinajstić information content (AvgIpc) is 2.34. The van der Waals surface area contributed by atoms with Crippen molar-refractivity contribution in [3.05, 3.63) is 0 Å². The van der Waals surface area contributed by atoms with Gasteiger partial charge in [0, 0.05) is 17.8 Å². The Balaban J connectivity index is 3.74. The third-order valence-electron chi connectivity index (χ3n) is 3.50. The van der Waals surface area contributed by atoms with Crippen LogP contribution < -0.4 is 5.32 Å². The fourth-order valence-corrected chi connectivity index (χ4v) is 2.96. The minimum Gasteiger partial charge on any atom is -0.317 e. The molecule has 0 amide bonds. The first kappa shape index (κ1) is 17.3. The van der Waals surface area contributed by atoms with Gasteiger partial charge in [-0.15, -0.1) is 0 Å². The zero-order valence-corrected chi connectivity index (χ0v) is 13.3. The quantitative estimate of drug-likeness (QED) is 0.574. The molecule has 3 heteroatoms. The third-order valence-corrected chi connectivity index (χ3v) is 4.22. The summed E-state index contributed by atoms with van der Waals surface area (Å²) in [6, 6.07) is 1.44. The van der Waals surface area contributed by atoms with Crippen LogP contribution in [0.4, 0.5) is 0 Å². The molecule has 17 heavy (non-hydrogen) atoms. The van der Waals surface area contributed by atoms with E-state index < -0.39 is 0 Å². The Kier molecular flexibility index (Phi) is 11.5. The zero-order valence-electron chi connectivity index (χ0n) is 12.5. The van der Waals surface area contributed by atoms with E-state index in [0.29, 0.717) is 6.04 Å². The van der Waals surface area contributed by atoms with Gasteiger partial charge in [-0.3, -0.25) is 4.90 Å². The van der Waals surface area contributed by atoms with Crippen molar-refractivity contribution in [2.45, 2.75) is 58.5 Å². The monoisotopic (exact) mass is 260 g/mol. The summed E-state index contributed by atoms with van der Waals surface area (Å²) in [4.78, 5) is 2.57.